The Morgan fingerprint density at radius 1 is 1.32 bits per heavy atom. The van der Waals surface area contributed by atoms with E-state index in [9.17, 15) is 9.59 Å². The number of carbonyl (C=O) groups excluding carboxylic acids is 1. The molecular formula is C21H23N3O3S. The number of hydrogen-bond donors (Lipinski definition) is 1. The zero-order valence-corrected chi connectivity index (χ0v) is 17.1. The second-order valence-electron chi connectivity index (χ2n) is 7.33. The topological polar surface area (TPSA) is 73.2 Å². The standard InChI is InChI=1S/C21H23N3O3S/c1-12-6-7-15(9-13(12)2)23-19(25)18-14(3)17-20(28-18)22-11-24(21(17)26)10-16-5-4-8-27-16/h6-7,9,11,16H,4-5,8,10H2,1-3H3,(H,23,25)/t16-/m0/s1. The van der Waals surface area contributed by atoms with Crippen molar-refractivity contribution in [2.75, 3.05) is 11.9 Å². The lowest BCUT2D eigenvalue weighted by Crippen LogP contribution is -2.26. The van der Waals surface area contributed by atoms with Gasteiger partial charge in [-0.25, -0.2) is 4.98 Å². The van der Waals surface area contributed by atoms with Crippen molar-refractivity contribution in [2.45, 2.75) is 46.3 Å². The van der Waals surface area contributed by atoms with Crippen LogP contribution in [0.25, 0.3) is 10.2 Å². The molecule has 0 radical (unpaired) electrons. The highest BCUT2D eigenvalue weighted by atomic mass is 32.1. The Balaban J connectivity index is 1.65. The number of aromatic nitrogens is 2. The summed E-state index contributed by atoms with van der Waals surface area (Å²) < 4.78 is 7.23. The van der Waals surface area contributed by atoms with Crippen molar-refractivity contribution in [2.24, 2.45) is 0 Å². The Kier molecular flexibility index (Phi) is 5.03. The molecule has 0 aliphatic carbocycles. The summed E-state index contributed by atoms with van der Waals surface area (Å²) in [5.74, 6) is -0.214. The molecule has 1 fully saturated rings. The normalized spacial score (nSPS) is 16.6. The summed E-state index contributed by atoms with van der Waals surface area (Å²) in [6, 6.07) is 5.81. The van der Waals surface area contributed by atoms with Gasteiger partial charge < -0.3 is 10.1 Å². The zero-order valence-electron chi connectivity index (χ0n) is 16.2. The number of aryl methyl sites for hydroxylation is 3. The van der Waals surface area contributed by atoms with E-state index in [4.69, 9.17) is 4.74 Å². The van der Waals surface area contributed by atoms with Crippen LogP contribution in [0.2, 0.25) is 0 Å². The second kappa shape index (κ2) is 7.48. The van der Waals surface area contributed by atoms with Crippen LogP contribution in [-0.2, 0) is 11.3 Å². The molecule has 1 amide bonds. The van der Waals surface area contributed by atoms with E-state index in [1.165, 1.54) is 16.9 Å². The maximum atomic E-state index is 13.0. The monoisotopic (exact) mass is 397 g/mol. The number of carbonyl (C=O) groups is 1. The number of ether oxygens (including phenoxy) is 1. The molecule has 0 bridgehead atoms. The Bertz CT molecular complexity index is 1110. The van der Waals surface area contributed by atoms with Gasteiger partial charge in [0.2, 0.25) is 0 Å². The molecule has 3 heterocycles. The van der Waals surface area contributed by atoms with Gasteiger partial charge in [0, 0.05) is 12.3 Å². The van der Waals surface area contributed by atoms with Gasteiger partial charge >= 0.3 is 0 Å². The molecule has 1 atom stereocenters. The van der Waals surface area contributed by atoms with E-state index < -0.39 is 0 Å². The van der Waals surface area contributed by atoms with Crippen molar-refractivity contribution in [1.82, 2.24) is 9.55 Å². The van der Waals surface area contributed by atoms with Crippen molar-refractivity contribution in [3.05, 3.63) is 56.4 Å². The van der Waals surface area contributed by atoms with Gasteiger partial charge in [-0.3, -0.25) is 14.2 Å². The van der Waals surface area contributed by atoms with Crippen LogP contribution in [0.3, 0.4) is 0 Å². The van der Waals surface area contributed by atoms with Crippen molar-refractivity contribution < 1.29 is 9.53 Å². The third-order valence-corrected chi connectivity index (χ3v) is 6.51. The first-order valence-corrected chi connectivity index (χ1v) is 10.2. The molecule has 146 valence electrons. The third kappa shape index (κ3) is 3.47. The lowest BCUT2D eigenvalue weighted by molar-refractivity contribution is 0.0960. The van der Waals surface area contributed by atoms with Gasteiger partial charge in [-0.15, -0.1) is 11.3 Å². The minimum atomic E-state index is -0.214. The van der Waals surface area contributed by atoms with Crippen LogP contribution >= 0.6 is 11.3 Å². The average molecular weight is 398 g/mol. The highest BCUT2D eigenvalue weighted by Crippen LogP contribution is 2.28. The molecule has 7 heteroatoms. The highest BCUT2D eigenvalue weighted by Gasteiger charge is 2.22. The van der Waals surface area contributed by atoms with Crippen LogP contribution in [0.5, 0.6) is 0 Å². The van der Waals surface area contributed by atoms with E-state index in [0.717, 1.165) is 30.7 Å². The van der Waals surface area contributed by atoms with Gasteiger partial charge in [0.05, 0.1) is 29.2 Å². The fourth-order valence-electron chi connectivity index (χ4n) is 3.52. The van der Waals surface area contributed by atoms with Crippen molar-refractivity contribution in [1.29, 1.82) is 0 Å². The van der Waals surface area contributed by atoms with Crippen LogP contribution in [0.4, 0.5) is 5.69 Å². The molecule has 28 heavy (non-hydrogen) atoms. The van der Waals surface area contributed by atoms with E-state index in [0.29, 0.717) is 27.2 Å². The molecule has 1 aliphatic heterocycles. The summed E-state index contributed by atoms with van der Waals surface area (Å²) in [4.78, 5) is 31.3. The molecule has 0 spiro atoms. The Morgan fingerprint density at radius 3 is 2.86 bits per heavy atom. The maximum absolute atomic E-state index is 13.0. The summed E-state index contributed by atoms with van der Waals surface area (Å²) in [6.45, 7) is 7.10. The number of anilines is 1. The molecule has 0 unspecified atom stereocenters. The quantitative estimate of drug-likeness (QED) is 0.726. The minimum Gasteiger partial charge on any atom is -0.376 e. The highest BCUT2D eigenvalue weighted by molar-refractivity contribution is 7.20. The summed E-state index contributed by atoms with van der Waals surface area (Å²) in [5, 5.41) is 3.46. The van der Waals surface area contributed by atoms with Gasteiger partial charge in [0.1, 0.15) is 4.83 Å². The van der Waals surface area contributed by atoms with Crippen molar-refractivity contribution in [3.63, 3.8) is 0 Å². The van der Waals surface area contributed by atoms with Crippen molar-refractivity contribution >= 4 is 33.1 Å². The fraction of sp³-hybridized carbons (Fsp3) is 0.381. The SMILES string of the molecule is Cc1ccc(NC(=O)c2sc3ncn(C[C@@H]4CCCO4)c(=O)c3c2C)cc1C. The Labute approximate surface area is 167 Å². The molecule has 6 nitrogen and oxygen atoms in total. The summed E-state index contributed by atoms with van der Waals surface area (Å²) in [5.41, 5.74) is 3.60. The van der Waals surface area contributed by atoms with Crippen molar-refractivity contribution in [3.8, 4) is 0 Å². The molecule has 2 aromatic heterocycles. The van der Waals surface area contributed by atoms with Gasteiger partial charge in [-0.05, 0) is 62.4 Å². The number of hydrogen-bond acceptors (Lipinski definition) is 5. The maximum Gasteiger partial charge on any atom is 0.266 e. The van der Waals surface area contributed by atoms with E-state index in [-0.39, 0.29) is 17.6 Å². The molecule has 1 N–H and O–H groups in total. The van der Waals surface area contributed by atoms with Gasteiger partial charge in [0.15, 0.2) is 0 Å². The predicted octanol–water partition coefficient (Wildman–Crippen LogP) is 3.81. The number of rotatable bonds is 4. The van der Waals surface area contributed by atoms with E-state index >= 15 is 0 Å². The third-order valence-electron chi connectivity index (χ3n) is 5.31. The minimum absolute atomic E-state index is 0.0587. The van der Waals surface area contributed by atoms with E-state index in [1.807, 2.05) is 39.0 Å². The molecule has 1 aliphatic rings. The van der Waals surface area contributed by atoms with Crippen LogP contribution in [0.15, 0.2) is 29.3 Å². The molecule has 4 rings (SSSR count). The molecule has 0 saturated carbocycles. The molecule has 3 aromatic rings. The molecule has 1 aromatic carbocycles. The molecular weight excluding hydrogens is 374 g/mol. The predicted molar refractivity (Wildman–Crippen MR) is 111 cm³/mol. The smallest absolute Gasteiger partial charge is 0.266 e. The number of nitrogens with one attached hydrogen (secondary N) is 1. The number of amides is 1. The van der Waals surface area contributed by atoms with Gasteiger partial charge in [-0.2, -0.15) is 0 Å². The largest absolute Gasteiger partial charge is 0.376 e. The first-order valence-electron chi connectivity index (χ1n) is 9.43. The summed E-state index contributed by atoms with van der Waals surface area (Å²) in [7, 11) is 0. The fourth-order valence-corrected chi connectivity index (χ4v) is 4.56. The first kappa shape index (κ1) is 18.8. The zero-order chi connectivity index (χ0) is 19.8. The lowest BCUT2D eigenvalue weighted by atomic mass is 10.1. The van der Waals surface area contributed by atoms with Gasteiger partial charge in [-0.1, -0.05) is 6.07 Å². The van der Waals surface area contributed by atoms with E-state index in [2.05, 4.69) is 10.3 Å². The number of fused-ring (bicyclic) bond motifs is 1. The average Bonchev–Trinajstić information content (AvgIpc) is 3.29. The summed E-state index contributed by atoms with van der Waals surface area (Å²) >= 11 is 1.26. The number of benzene rings is 1. The first-order chi connectivity index (χ1) is 13.4. The van der Waals surface area contributed by atoms with Crippen LogP contribution in [0.1, 0.15) is 39.2 Å². The number of nitrogens with zero attached hydrogens (tertiary/aromatic N) is 2. The second-order valence-corrected chi connectivity index (χ2v) is 8.33. The number of thiophene rings is 1. The Hall–Kier alpha value is -2.51. The van der Waals surface area contributed by atoms with Crippen LogP contribution in [0, 0.1) is 20.8 Å². The lowest BCUT2D eigenvalue weighted by Gasteiger charge is -2.11. The van der Waals surface area contributed by atoms with E-state index in [1.54, 1.807) is 10.9 Å². The van der Waals surface area contributed by atoms with Gasteiger partial charge in [0.25, 0.3) is 11.5 Å². The Morgan fingerprint density at radius 2 is 2.14 bits per heavy atom. The van der Waals surface area contributed by atoms with Crippen LogP contribution in [-0.4, -0.2) is 28.2 Å². The van der Waals surface area contributed by atoms with Crippen LogP contribution < -0.4 is 10.9 Å². The summed E-state index contributed by atoms with van der Waals surface area (Å²) in [6.07, 6.45) is 3.60. The molecule has 1 saturated heterocycles.